The average molecular weight is 447 g/mol. The van der Waals surface area contributed by atoms with Crippen molar-refractivity contribution in [3.8, 4) is 0 Å². The van der Waals surface area contributed by atoms with E-state index in [9.17, 15) is 9.59 Å². The van der Waals surface area contributed by atoms with E-state index < -0.39 is 0 Å². The molecular formula is C22H27ClN4O2S. The van der Waals surface area contributed by atoms with E-state index in [1.54, 1.807) is 11.3 Å². The maximum atomic E-state index is 12.7. The number of carbonyl (C=O) groups is 2. The number of carbonyl (C=O) groups excluding carboxylic acids is 2. The average Bonchev–Trinajstić information content (AvgIpc) is 3.20. The monoisotopic (exact) mass is 446 g/mol. The predicted molar refractivity (Wildman–Crippen MR) is 120 cm³/mol. The van der Waals surface area contributed by atoms with Gasteiger partial charge in [0, 0.05) is 55.0 Å². The van der Waals surface area contributed by atoms with E-state index in [0.29, 0.717) is 18.0 Å². The van der Waals surface area contributed by atoms with Crippen LogP contribution in [0.2, 0.25) is 5.02 Å². The maximum absolute atomic E-state index is 12.7. The summed E-state index contributed by atoms with van der Waals surface area (Å²) in [5, 5.41) is 4.77. The highest BCUT2D eigenvalue weighted by atomic mass is 35.5. The molecule has 1 aliphatic carbocycles. The second-order valence-electron chi connectivity index (χ2n) is 7.88. The Kier molecular flexibility index (Phi) is 6.58. The number of hydrogen-bond acceptors (Lipinski definition) is 5. The zero-order valence-electron chi connectivity index (χ0n) is 17.2. The number of nitrogens with zero attached hydrogens (tertiary/aromatic N) is 3. The number of halogens is 1. The summed E-state index contributed by atoms with van der Waals surface area (Å²) in [7, 11) is 0. The molecule has 2 amide bonds. The molecule has 0 bridgehead atoms. The fraction of sp³-hybridized carbons (Fsp3) is 0.500. The summed E-state index contributed by atoms with van der Waals surface area (Å²) in [5.74, 6) is 0.311. The van der Waals surface area contributed by atoms with Gasteiger partial charge >= 0.3 is 0 Å². The van der Waals surface area contributed by atoms with Gasteiger partial charge in [-0.15, -0.1) is 11.3 Å². The molecule has 1 N–H and O–H groups in total. The summed E-state index contributed by atoms with van der Waals surface area (Å²) in [6.45, 7) is 5.56. The van der Waals surface area contributed by atoms with Gasteiger partial charge in [-0.05, 0) is 37.0 Å². The van der Waals surface area contributed by atoms with Crippen LogP contribution in [0.4, 0.5) is 5.13 Å². The zero-order chi connectivity index (χ0) is 21.1. The highest BCUT2D eigenvalue weighted by molar-refractivity contribution is 7.15. The van der Waals surface area contributed by atoms with Crippen LogP contribution in [0.25, 0.3) is 0 Å². The van der Waals surface area contributed by atoms with Crippen LogP contribution >= 0.6 is 22.9 Å². The number of piperazine rings is 1. The third-order valence-corrected chi connectivity index (χ3v) is 7.28. The first-order valence-corrected chi connectivity index (χ1v) is 11.8. The smallest absolute Gasteiger partial charge is 0.223 e. The highest BCUT2D eigenvalue weighted by Gasteiger charge is 2.29. The molecule has 6 nitrogen and oxygen atoms in total. The van der Waals surface area contributed by atoms with Gasteiger partial charge < -0.3 is 15.1 Å². The van der Waals surface area contributed by atoms with Crippen LogP contribution < -0.4 is 10.2 Å². The highest BCUT2D eigenvalue weighted by Crippen LogP contribution is 2.34. The van der Waals surface area contributed by atoms with Crippen molar-refractivity contribution in [3.63, 3.8) is 0 Å². The van der Waals surface area contributed by atoms with Crippen molar-refractivity contribution in [2.45, 2.75) is 39.2 Å². The van der Waals surface area contributed by atoms with Crippen molar-refractivity contribution in [3.05, 3.63) is 45.4 Å². The number of aromatic nitrogens is 1. The minimum atomic E-state index is -0.0102. The summed E-state index contributed by atoms with van der Waals surface area (Å²) in [6.07, 6.45) is 2.99. The van der Waals surface area contributed by atoms with Gasteiger partial charge in [0.25, 0.3) is 0 Å². The van der Waals surface area contributed by atoms with Crippen molar-refractivity contribution in [1.29, 1.82) is 0 Å². The van der Waals surface area contributed by atoms with Gasteiger partial charge in [0.2, 0.25) is 11.8 Å². The predicted octanol–water partition coefficient (Wildman–Crippen LogP) is 3.28. The molecule has 160 valence electrons. The number of hydrogen-bond donors (Lipinski definition) is 1. The molecule has 1 saturated heterocycles. The molecule has 0 saturated carbocycles. The van der Waals surface area contributed by atoms with Gasteiger partial charge in [0.15, 0.2) is 5.13 Å². The van der Waals surface area contributed by atoms with E-state index in [1.807, 2.05) is 36.1 Å². The van der Waals surface area contributed by atoms with Crippen LogP contribution in [0.15, 0.2) is 24.3 Å². The third kappa shape index (κ3) is 4.78. The molecule has 0 spiro atoms. The van der Waals surface area contributed by atoms with Gasteiger partial charge in [-0.3, -0.25) is 9.59 Å². The Labute approximate surface area is 186 Å². The van der Waals surface area contributed by atoms with Crippen molar-refractivity contribution in [2.75, 3.05) is 31.1 Å². The molecule has 8 heteroatoms. The Bertz CT molecular complexity index is 924. The van der Waals surface area contributed by atoms with E-state index in [1.165, 1.54) is 4.88 Å². The standard InChI is InChI=1S/C22H27ClN4O2S/c1-2-20(28)26-8-10-27(11-9-26)22-25-18-7-6-16(13-19(18)30-22)21(29)24-14-15-4-3-5-17(23)12-15/h3-5,12,16H,2,6-11,13-14H2,1H3,(H,24,29)/t16-/m1/s1. The minimum Gasteiger partial charge on any atom is -0.352 e. The summed E-state index contributed by atoms with van der Waals surface area (Å²) in [4.78, 5) is 34.9. The van der Waals surface area contributed by atoms with E-state index in [4.69, 9.17) is 16.6 Å². The second kappa shape index (κ2) is 9.35. The van der Waals surface area contributed by atoms with Crippen molar-refractivity contribution in [2.24, 2.45) is 5.92 Å². The molecule has 30 heavy (non-hydrogen) atoms. The summed E-state index contributed by atoms with van der Waals surface area (Å²) >= 11 is 7.73. The fourth-order valence-electron chi connectivity index (χ4n) is 4.07. The molecule has 2 heterocycles. The number of aryl methyl sites for hydroxylation is 1. The van der Waals surface area contributed by atoms with Crippen LogP contribution in [-0.4, -0.2) is 47.9 Å². The molecule has 1 aromatic heterocycles. The maximum Gasteiger partial charge on any atom is 0.223 e. The van der Waals surface area contributed by atoms with Gasteiger partial charge in [-0.2, -0.15) is 0 Å². The Morgan fingerprint density at radius 2 is 2.07 bits per heavy atom. The molecule has 0 radical (unpaired) electrons. The van der Waals surface area contributed by atoms with Gasteiger partial charge in [-0.1, -0.05) is 30.7 Å². The lowest BCUT2D eigenvalue weighted by Crippen LogP contribution is -2.48. The lowest BCUT2D eigenvalue weighted by atomic mass is 9.90. The summed E-state index contributed by atoms with van der Waals surface area (Å²) in [6, 6.07) is 7.57. The van der Waals surface area contributed by atoms with E-state index in [-0.39, 0.29) is 17.7 Å². The minimum absolute atomic E-state index is 0.0102. The first-order chi connectivity index (χ1) is 14.5. The SMILES string of the molecule is CCC(=O)N1CCN(c2nc3c(s2)C[C@H](C(=O)NCc2cccc(Cl)c2)CC3)CC1. The molecule has 0 unspecified atom stereocenters. The number of benzene rings is 1. The van der Waals surface area contributed by atoms with Crippen molar-refractivity contribution >= 4 is 39.9 Å². The lowest BCUT2D eigenvalue weighted by Gasteiger charge is -2.34. The Morgan fingerprint density at radius 3 is 2.80 bits per heavy atom. The van der Waals surface area contributed by atoms with E-state index in [2.05, 4.69) is 10.2 Å². The van der Waals surface area contributed by atoms with Crippen LogP contribution in [-0.2, 0) is 29.0 Å². The van der Waals surface area contributed by atoms with Gasteiger partial charge in [0.1, 0.15) is 0 Å². The fourth-order valence-corrected chi connectivity index (χ4v) is 5.52. The molecule has 1 aliphatic heterocycles. The summed E-state index contributed by atoms with van der Waals surface area (Å²) < 4.78 is 0. The summed E-state index contributed by atoms with van der Waals surface area (Å²) in [5.41, 5.74) is 2.15. The zero-order valence-corrected chi connectivity index (χ0v) is 18.8. The number of anilines is 1. The van der Waals surface area contributed by atoms with Crippen LogP contribution in [0.1, 0.15) is 35.9 Å². The molecule has 2 aliphatic rings. The third-order valence-electron chi connectivity index (χ3n) is 5.86. The number of rotatable bonds is 5. The largest absolute Gasteiger partial charge is 0.352 e. The first-order valence-electron chi connectivity index (χ1n) is 10.6. The number of amides is 2. The Hall–Kier alpha value is -2.12. The Morgan fingerprint density at radius 1 is 1.27 bits per heavy atom. The van der Waals surface area contributed by atoms with Crippen molar-refractivity contribution < 1.29 is 9.59 Å². The van der Waals surface area contributed by atoms with Gasteiger partial charge in [-0.25, -0.2) is 4.98 Å². The van der Waals surface area contributed by atoms with Crippen LogP contribution in [0.5, 0.6) is 0 Å². The Balaban J connectivity index is 1.33. The molecule has 1 atom stereocenters. The van der Waals surface area contributed by atoms with E-state index in [0.717, 1.165) is 61.8 Å². The molecule has 1 fully saturated rings. The molecule has 1 aromatic carbocycles. The van der Waals surface area contributed by atoms with Gasteiger partial charge in [0.05, 0.1) is 5.69 Å². The number of thiazole rings is 1. The molecule has 4 rings (SSSR count). The number of fused-ring (bicyclic) bond motifs is 1. The normalized spacial score (nSPS) is 18.8. The quantitative estimate of drug-likeness (QED) is 0.765. The van der Waals surface area contributed by atoms with Crippen LogP contribution in [0.3, 0.4) is 0 Å². The van der Waals surface area contributed by atoms with Crippen LogP contribution in [0, 0.1) is 5.92 Å². The lowest BCUT2D eigenvalue weighted by molar-refractivity contribution is -0.131. The molecule has 2 aromatic rings. The topological polar surface area (TPSA) is 65.5 Å². The van der Waals surface area contributed by atoms with E-state index >= 15 is 0 Å². The second-order valence-corrected chi connectivity index (χ2v) is 9.37. The van der Waals surface area contributed by atoms with Crippen molar-refractivity contribution in [1.82, 2.24) is 15.2 Å². The molecular weight excluding hydrogens is 420 g/mol. The first kappa shape index (κ1) is 21.1. The number of nitrogens with one attached hydrogen (secondary N) is 1.